The van der Waals surface area contributed by atoms with Gasteiger partial charge in [-0.05, 0) is 30.0 Å². The summed E-state index contributed by atoms with van der Waals surface area (Å²) in [5.41, 5.74) is 7.13. The molecule has 0 aliphatic heterocycles. The standard InChI is InChI=1S/C26H36N6O8/c1-3-14(2)22(32-23(36)18(27)11-16-12-28-13-29-16)25(38)30-19(8-9-21(34)35)24(37)31-20(26(39)40)10-15-4-6-17(33)7-5-15/h4-7,12-14,18-20,22,33H,3,8-11,27H2,1-2H3,(H,28,29)(H,30,38)(H,31,37)(H,32,36)(H,34,35)(H,39,40). The molecular formula is C26H36N6O8. The predicted molar refractivity (Wildman–Crippen MR) is 142 cm³/mol. The van der Waals surface area contributed by atoms with Gasteiger partial charge in [0, 0.05) is 31.2 Å². The van der Waals surface area contributed by atoms with Crippen molar-refractivity contribution >= 4 is 29.7 Å². The zero-order valence-electron chi connectivity index (χ0n) is 22.3. The summed E-state index contributed by atoms with van der Waals surface area (Å²) in [5.74, 6) is -5.21. The van der Waals surface area contributed by atoms with Gasteiger partial charge in [-0.15, -0.1) is 0 Å². The smallest absolute Gasteiger partial charge is 0.326 e. The largest absolute Gasteiger partial charge is 0.508 e. The number of carboxylic acid groups (broad SMARTS) is 2. The number of imidazole rings is 1. The number of benzene rings is 1. The summed E-state index contributed by atoms with van der Waals surface area (Å²) >= 11 is 0. The van der Waals surface area contributed by atoms with Gasteiger partial charge in [-0.2, -0.15) is 0 Å². The molecule has 1 aromatic heterocycles. The second-order valence-electron chi connectivity index (χ2n) is 9.52. The maximum Gasteiger partial charge on any atom is 0.326 e. The van der Waals surface area contributed by atoms with Gasteiger partial charge in [-0.3, -0.25) is 19.2 Å². The first-order valence-corrected chi connectivity index (χ1v) is 12.8. The van der Waals surface area contributed by atoms with E-state index in [-0.39, 0.29) is 30.9 Å². The Balaban J connectivity index is 2.16. The molecule has 14 nitrogen and oxygen atoms in total. The summed E-state index contributed by atoms with van der Waals surface area (Å²) in [4.78, 5) is 68.9. The number of hydrogen-bond donors (Lipinski definition) is 8. The quantitative estimate of drug-likeness (QED) is 0.133. The van der Waals surface area contributed by atoms with Crippen molar-refractivity contribution in [2.75, 3.05) is 0 Å². The van der Waals surface area contributed by atoms with Crippen LogP contribution in [0.5, 0.6) is 5.75 Å². The van der Waals surface area contributed by atoms with Crippen molar-refractivity contribution in [2.24, 2.45) is 11.7 Å². The molecule has 9 N–H and O–H groups in total. The number of rotatable bonds is 16. The van der Waals surface area contributed by atoms with Gasteiger partial charge in [0.15, 0.2) is 0 Å². The molecule has 0 saturated heterocycles. The Morgan fingerprint density at radius 2 is 1.60 bits per heavy atom. The van der Waals surface area contributed by atoms with E-state index >= 15 is 0 Å². The average molecular weight is 561 g/mol. The van der Waals surface area contributed by atoms with Crippen molar-refractivity contribution < 1.29 is 39.3 Å². The Labute approximate surface area is 230 Å². The van der Waals surface area contributed by atoms with Gasteiger partial charge in [0.1, 0.15) is 23.9 Å². The van der Waals surface area contributed by atoms with E-state index in [1.165, 1.54) is 36.8 Å². The molecule has 0 spiro atoms. The number of nitrogens with zero attached hydrogens (tertiary/aromatic N) is 1. The van der Waals surface area contributed by atoms with Gasteiger partial charge in [0.25, 0.3) is 0 Å². The summed E-state index contributed by atoms with van der Waals surface area (Å²) < 4.78 is 0. The normalized spacial score (nSPS) is 14.7. The molecule has 0 fully saturated rings. The van der Waals surface area contributed by atoms with Gasteiger partial charge >= 0.3 is 11.9 Å². The zero-order valence-corrected chi connectivity index (χ0v) is 22.3. The second-order valence-corrected chi connectivity index (χ2v) is 9.52. The Bertz CT molecular complexity index is 1150. The fraction of sp³-hybridized carbons (Fsp3) is 0.462. The molecule has 0 aliphatic rings. The highest BCUT2D eigenvalue weighted by Crippen LogP contribution is 2.13. The monoisotopic (exact) mass is 560 g/mol. The minimum Gasteiger partial charge on any atom is -0.508 e. The summed E-state index contributed by atoms with van der Waals surface area (Å²) in [6, 6.07) is 0.848. The Kier molecular flexibility index (Phi) is 12.1. The molecule has 2 rings (SSSR count). The fourth-order valence-corrected chi connectivity index (χ4v) is 3.83. The van der Waals surface area contributed by atoms with E-state index < -0.39 is 60.2 Å². The molecule has 3 amide bonds. The molecule has 0 radical (unpaired) electrons. The minimum atomic E-state index is -1.40. The van der Waals surface area contributed by atoms with Crippen molar-refractivity contribution in [3.05, 3.63) is 48.0 Å². The third-order valence-electron chi connectivity index (χ3n) is 6.40. The van der Waals surface area contributed by atoms with Crippen LogP contribution in [0.25, 0.3) is 0 Å². The summed E-state index contributed by atoms with van der Waals surface area (Å²) in [6.45, 7) is 3.52. The van der Waals surface area contributed by atoms with E-state index in [1.54, 1.807) is 13.8 Å². The lowest BCUT2D eigenvalue weighted by atomic mass is 9.96. The summed E-state index contributed by atoms with van der Waals surface area (Å²) in [6.07, 6.45) is 2.65. The number of nitrogens with two attached hydrogens (primary N) is 1. The highest BCUT2D eigenvalue weighted by Gasteiger charge is 2.33. The number of aromatic amines is 1. The van der Waals surface area contributed by atoms with E-state index in [2.05, 4.69) is 25.9 Å². The van der Waals surface area contributed by atoms with Crippen LogP contribution in [0.4, 0.5) is 0 Å². The third-order valence-corrected chi connectivity index (χ3v) is 6.40. The number of amides is 3. The van der Waals surface area contributed by atoms with Crippen molar-refractivity contribution in [2.45, 2.75) is 70.1 Å². The van der Waals surface area contributed by atoms with Crippen LogP contribution in [0.1, 0.15) is 44.4 Å². The first-order chi connectivity index (χ1) is 18.9. The van der Waals surface area contributed by atoms with Crippen molar-refractivity contribution in [1.82, 2.24) is 25.9 Å². The molecule has 40 heavy (non-hydrogen) atoms. The average Bonchev–Trinajstić information content (AvgIpc) is 3.42. The van der Waals surface area contributed by atoms with Crippen LogP contribution >= 0.6 is 0 Å². The lowest BCUT2D eigenvalue weighted by molar-refractivity contribution is -0.143. The highest BCUT2D eigenvalue weighted by atomic mass is 16.4. The molecule has 0 aliphatic carbocycles. The number of hydrogen-bond acceptors (Lipinski definition) is 8. The Hall–Kier alpha value is -4.46. The van der Waals surface area contributed by atoms with Crippen LogP contribution in [0.15, 0.2) is 36.8 Å². The SMILES string of the molecule is CCC(C)C(NC(=O)C(N)Cc1cnc[nH]1)C(=O)NC(CCC(=O)O)C(=O)NC(Cc1ccc(O)cc1)C(=O)O. The van der Waals surface area contributed by atoms with Crippen LogP contribution in [-0.4, -0.2) is 79.1 Å². The lowest BCUT2D eigenvalue weighted by Crippen LogP contribution is -2.59. The van der Waals surface area contributed by atoms with E-state index in [0.29, 0.717) is 17.7 Å². The van der Waals surface area contributed by atoms with Crippen LogP contribution in [0.2, 0.25) is 0 Å². The maximum atomic E-state index is 13.3. The van der Waals surface area contributed by atoms with E-state index in [4.69, 9.17) is 10.8 Å². The lowest BCUT2D eigenvalue weighted by Gasteiger charge is -2.28. The molecule has 218 valence electrons. The number of nitrogens with one attached hydrogen (secondary N) is 4. The molecular weight excluding hydrogens is 524 g/mol. The summed E-state index contributed by atoms with van der Waals surface area (Å²) in [7, 11) is 0. The number of phenols is 1. The van der Waals surface area contributed by atoms with Gasteiger partial charge in [0.05, 0.1) is 12.4 Å². The molecule has 0 bridgehead atoms. The van der Waals surface area contributed by atoms with E-state index in [0.717, 1.165) is 0 Å². The molecule has 14 heteroatoms. The topological polar surface area (TPSA) is 237 Å². The number of aliphatic carboxylic acids is 2. The van der Waals surface area contributed by atoms with Crippen molar-refractivity contribution in [3.8, 4) is 5.75 Å². The van der Waals surface area contributed by atoms with Crippen LogP contribution < -0.4 is 21.7 Å². The minimum absolute atomic E-state index is 0.0127. The van der Waals surface area contributed by atoms with Crippen molar-refractivity contribution in [3.63, 3.8) is 0 Å². The number of carbonyl (C=O) groups excluding carboxylic acids is 3. The fourth-order valence-electron chi connectivity index (χ4n) is 3.83. The number of H-pyrrole nitrogens is 1. The van der Waals surface area contributed by atoms with Gasteiger partial charge in [-0.25, -0.2) is 9.78 Å². The van der Waals surface area contributed by atoms with E-state index in [1.807, 2.05) is 0 Å². The number of aromatic hydroxyl groups is 1. The highest BCUT2D eigenvalue weighted by molar-refractivity contribution is 5.94. The van der Waals surface area contributed by atoms with Gasteiger partial charge in [0.2, 0.25) is 17.7 Å². The third kappa shape index (κ3) is 10.0. The number of phenolic OH excluding ortho intramolecular Hbond substituents is 1. The predicted octanol–water partition coefficient (Wildman–Crippen LogP) is -0.322. The van der Waals surface area contributed by atoms with E-state index in [9.17, 15) is 34.2 Å². The van der Waals surface area contributed by atoms with Crippen LogP contribution in [0, 0.1) is 5.92 Å². The maximum absolute atomic E-state index is 13.3. The molecule has 2 aromatic rings. The van der Waals surface area contributed by atoms with Gasteiger partial charge in [-0.1, -0.05) is 32.4 Å². The van der Waals surface area contributed by atoms with Crippen LogP contribution in [0.3, 0.4) is 0 Å². The number of carboxylic acids is 2. The van der Waals surface area contributed by atoms with Crippen LogP contribution in [-0.2, 0) is 36.8 Å². The zero-order chi connectivity index (χ0) is 29.8. The first kappa shape index (κ1) is 31.8. The van der Waals surface area contributed by atoms with Crippen molar-refractivity contribution in [1.29, 1.82) is 0 Å². The number of carbonyl (C=O) groups is 5. The Morgan fingerprint density at radius 3 is 2.15 bits per heavy atom. The molecule has 5 unspecified atom stereocenters. The molecule has 1 aromatic carbocycles. The second kappa shape index (κ2) is 15.2. The Morgan fingerprint density at radius 1 is 0.950 bits per heavy atom. The molecule has 0 saturated carbocycles. The first-order valence-electron chi connectivity index (χ1n) is 12.8. The number of aromatic nitrogens is 2. The van der Waals surface area contributed by atoms with Gasteiger partial charge < -0.3 is 42.0 Å². The molecule has 5 atom stereocenters. The molecule has 1 heterocycles. The summed E-state index contributed by atoms with van der Waals surface area (Å²) in [5, 5.41) is 35.7.